The van der Waals surface area contributed by atoms with E-state index in [1.54, 1.807) is 26.2 Å². The number of epoxide rings is 1. The van der Waals surface area contributed by atoms with Crippen LogP contribution in [0.4, 0.5) is 0 Å². The number of ether oxygens (including phenoxy) is 3. The Morgan fingerprint density at radius 2 is 1.62 bits per heavy atom. The number of Topliss-reactive ketones (excluding diaryl/α,β-unsaturated/α-hetero) is 1. The number of rotatable bonds is 13. The molecule has 4 rings (SSSR count). The molecule has 0 radical (unpaired) electrons. The molecule has 10 nitrogen and oxygen atoms in total. The van der Waals surface area contributed by atoms with Gasteiger partial charge in [-0.3, -0.25) is 19.2 Å². The van der Waals surface area contributed by atoms with Gasteiger partial charge in [-0.25, -0.2) is 0 Å². The molecule has 1 aromatic rings. The molecule has 3 fully saturated rings. The summed E-state index contributed by atoms with van der Waals surface area (Å²) in [5.74, 6) is -0.488. The van der Waals surface area contributed by atoms with Crippen LogP contribution in [0.2, 0.25) is 0 Å². The lowest BCUT2D eigenvalue weighted by atomic mass is 9.94. The lowest BCUT2D eigenvalue weighted by molar-refractivity contribution is -0.135. The maximum atomic E-state index is 13.6. The summed E-state index contributed by atoms with van der Waals surface area (Å²) in [5.41, 5.74) is 0.816. The zero-order valence-corrected chi connectivity index (χ0v) is 22.9. The normalized spacial score (nSPS) is 23.2. The van der Waals surface area contributed by atoms with Gasteiger partial charge in [-0.05, 0) is 49.8 Å². The highest BCUT2D eigenvalue weighted by molar-refractivity contribution is 5.96. The molecule has 2 saturated heterocycles. The molecule has 1 saturated carbocycles. The number of ketones is 1. The Balaban J connectivity index is 1.44. The van der Waals surface area contributed by atoms with Gasteiger partial charge < -0.3 is 30.2 Å². The van der Waals surface area contributed by atoms with Gasteiger partial charge >= 0.3 is 0 Å². The van der Waals surface area contributed by atoms with Crippen molar-refractivity contribution in [2.24, 2.45) is 11.8 Å². The fraction of sp³-hybridized carbons (Fsp3) is 0.655. The van der Waals surface area contributed by atoms with E-state index in [4.69, 9.17) is 14.2 Å². The number of hydrogen-bond donors (Lipinski definition) is 3. The Kier molecular flexibility index (Phi) is 10.3. The molecule has 1 unspecified atom stereocenters. The van der Waals surface area contributed by atoms with Gasteiger partial charge in [-0.1, -0.05) is 37.8 Å². The Hall–Kier alpha value is -2.98. The van der Waals surface area contributed by atoms with Crippen LogP contribution in [0.3, 0.4) is 0 Å². The summed E-state index contributed by atoms with van der Waals surface area (Å²) in [6.07, 6.45) is 6.18. The molecule has 2 heterocycles. The monoisotopic (exact) mass is 543 g/mol. The van der Waals surface area contributed by atoms with E-state index in [0.717, 1.165) is 37.7 Å². The largest absolute Gasteiger partial charge is 0.497 e. The number of benzene rings is 1. The van der Waals surface area contributed by atoms with Gasteiger partial charge in [-0.15, -0.1) is 0 Å². The van der Waals surface area contributed by atoms with Gasteiger partial charge in [0.2, 0.25) is 17.7 Å². The first-order chi connectivity index (χ1) is 18.8. The Labute approximate surface area is 229 Å². The summed E-state index contributed by atoms with van der Waals surface area (Å²) < 4.78 is 15.8. The van der Waals surface area contributed by atoms with E-state index in [0.29, 0.717) is 44.3 Å². The fourth-order valence-corrected chi connectivity index (χ4v) is 5.38. The summed E-state index contributed by atoms with van der Waals surface area (Å²) in [4.78, 5) is 52.3. The highest BCUT2D eigenvalue weighted by Crippen LogP contribution is 2.30. The van der Waals surface area contributed by atoms with Crippen LogP contribution in [0, 0.1) is 11.8 Å². The fourth-order valence-electron chi connectivity index (χ4n) is 5.38. The number of nitrogens with one attached hydrogen (secondary N) is 3. The van der Waals surface area contributed by atoms with E-state index < -0.39 is 36.0 Å². The number of amides is 3. The third kappa shape index (κ3) is 8.50. The molecule has 0 aromatic heterocycles. The van der Waals surface area contributed by atoms with Crippen LogP contribution < -0.4 is 20.7 Å². The smallest absolute Gasteiger partial charge is 0.243 e. The highest BCUT2D eigenvalue weighted by Gasteiger charge is 2.39. The van der Waals surface area contributed by atoms with Crippen molar-refractivity contribution in [1.29, 1.82) is 0 Å². The minimum absolute atomic E-state index is 0.111. The van der Waals surface area contributed by atoms with Crippen LogP contribution in [-0.4, -0.2) is 74.7 Å². The number of carbonyl (C=O) groups excluding carboxylic acids is 4. The first kappa shape index (κ1) is 29.0. The molecule has 39 heavy (non-hydrogen) atoms. The second-order valence-electron chi connectivity index (χ2n) is 10.9. The average Bonchev–Trinajstić information content (AvgIpc) is 3.68. The SMILES string of the molecule is COc1ccc(C[C@H](NC(=O)[C@@H](C)NC(=O)[C@H]2CCCOC2)C(=O)N[C@@H](CC2CCCC2)C(=O)C2CO2)cc1. The number of methoxy groups -OCH3 is 1. The molecule has 3 N–H and O–H groups in total. The van der Waals surface area contributed by atoms with E-state index in [1.807, 2.05) is 12.1 Å². The predicted molar refractivity (Wildman–Crippen MR) is 143 cm³/mol. The molecule has 0 spiro atoms. The zero-order chi connectivity index (χ0) is 27.8. The molecule has 3 amide bonds. The van der Waals surface area contributed by atoms with Gasteiger partial charge in [0.15, 0.2) is 5.78 Å². The zero-order valence-electron chi connectivity index (χ0n) is 22.9. The quantitative estimate of drug-likeness (QED) is 0.322. The molecule has 0 bridgehead atoms. The second-order valence-corrected chi connectivity index (χ2v) is 10.9. The van der Waals surface area contributed by atoms with Crippen LogP contribution in [0.15, 0.2) is 24.3 Å². The van der Waals surface area contributed by atoms with Gasteiger partial charge in [0.25, 0.3) is 0 Å². The summed E-state index contributed by atoms with van der Waals surface area (Å²) in [6.45, 7) is 2.95. The van der Waals surface area contributed by atoms with Crippen LogP contribution in [0.25, 0.3) is 0 Å². The Bertz CT molecular complexity index is 999. The Morgan fingerprint density at radius 1 is 0.923 bits per heavy atom. The molecular weight excluding hydrogens is 502 g/mol. The Morgan fingerprint density at radius 3 is 2.23 bits per heavy atom. The van der Waals surface area contributed by atoms with Crippen LogP contribution in [-0.2, 0) is 35.1 Å². The van der Waals surface area contributed by atoms with Crippen LogP contribution in [0.5, 0.6) is 5.75 Å². The minimum Gasteiger partial charge on any atom is -0.497 e. The van der Waals surface area contributed by atoms with Gasteiger partial charge in [-0.2, -0.15) is 0 Å². The van der Waals surface area contributed by atoms with Crippen molar-refractivity contribution in [1.82, 2.24) is 16.0 Å². The number of carbonyl (C=O) groups is 4. The summed E-state index contributed by atoms with van der Waals surface area (Å²) in [6, 6.07) is 4.80. The third-order valence-electron chi connectivity index (χ3n) is 7.87. The van der Waals surface area contributed by atoms with E-state index in [-0.39, 0.29) is 24.0 Å². The van der Waals surface area contributed by atoms with Crippen LogP contribution >= 0.6 is 0 Å². The topological polar surface area (TPSA) is 135 Å². The van der Waals surface area contributed by atoms with Crippen molar-refractivity contribution >= 4 is 23.5 Å². The molecule has 10 heteroatoms. The molecule has 214 valence electrons. The average molecular weight is 544 g/mol. The van der Waals surface area contributed by atoms with Crippen molar-refractivity contribution in [3.63, 3.8) is 0 Å². The van der Waals surface area contributed by atoms with Crippen molar-refractivity contribution in [2.75, 3.05) is 26.9 Å². The lowest BCUT2D eigenvalue weighted by Crippen LogP contribution is -2.56. The van der Waals surface area contributed by atoms with E-state index in [2.05, 4.69) is 16.0 Å². The van der Waals surface area contributed by atoms with Gasteiger partial charge in [0, 0.05) is 13.0 Å². The summed E-state index contributed by atoms with van der Waals surface area (Å²) in [7, 11) is 1.58. The molecule has 3 aliphatic rings. The maximum absolute atomic E-state index is 13.6. The first-order valence-electron chi connectivity index (χ1n) is 14.1. The molecule has 2 aliphatic heterocycles. The van der Waals surface area contributed by atoms with Crippen molar-refractivity contribution in [3.8, 4) is 5.75 Å². The minimum atomic E-state index is -0.942. The van der Waals surface area contributed by atoms with Gasteiger partial charge in [0.1, 0.15) is 23.9 Å². The van der Waals surface area contributed by atoms with Crippen LogP contribution in [0.1, 0.15) is 57.4 Å². The number of hydrogen-bond acceptors (Lipinski definition) is 7. The molecular formula is C29H41N3O7. The van der Waals surface area contributed by atoms with Crippen molar-refractivity contribution in [2.45, 2.75) is 82.5 Å². The van der Waals surface area contributed by atoms with Crippen molar-refractivity contribution in [3.05, 3.63) is 29.8 Å². The van der Waals surface area contributed by atoms with Gasteiger partial charge in [0.05, 0.1) is 32.3 Å². The highest BCUT2D eigenvalue weighted by atomic mass is 16.6. The van der Waals surface area contributed by atoms with E-state index in [9.17, 15) is 19.2 Å². The molecule has 1 aliphatic carbocycles. The predicted octanol–water partition coefficient (Wildman–Crippen LogP) is 1.69. The summed E-state index contributed by atoms with van der Waals surface area (Å²) in [5, 5.41) is 8.50. The van der Waals surface area contributed by atoms with E-state index >= 15 is 0 Å². The summed E-state index contributed by atoms with van der Waals surface area (Å²) >= 11 is 0. The molecule has 5 atom stereocenters. The second kappa shape index (κ2) is 13.9. The lowest BCUT2D eigenvalue weighted by Gasteiger charge is -2.26. The standard InChI is InChI=1S/C29H41N3O7/c1-18(30-28(35)21-8-5-13-38-16-21)27(34)32-24(15-20-9-11-22(37-2)12-10-20)29(36)31-23(26(33)25-17-39-25)14-19-6-3-4-7-19/h9-12,18-19,21,23-25H,3-8,13-17H2,1-2H3,(H,30,35)(H,31,36)(H,32,34)/t18-,21+,23+,24+,25?/m1/s1. The molecule has 1 aromatic carbocycles. The van der Waals surface area contributed by atoms with E-state index in [1.165, 1.54) is 0 Å². The third-order valence-corrected chi connectivity index (χ3v) is 7.87. The first-order valence-corrected chi connectivity index (χ1v) is 14.1. The van der Waals surface area contributed by atoms with Crippen molar-refractivity contribution < 1.29 is 33.4 Å². The maximum Gasteiger partial charge on any atom is 0.243 e.